The van der Waals surface area contributed by atoms with Crippen LogP contribution in [0.15, 0.2) is 0 Å². The molecule has 15 heavy (non-hydrogen) atoms. The normalized spacial score (nSPS) is 26.7. The van der Waals surface area contributed by atoms with E-state index < -0.39 is 0 Å². The predicted octanol–water partition coefficient (Wildman–Crippen LogP) is 0.324. The minimum absolute atomic E-state index is 0.103. The van der Waals surface area contributed by atoms with Gasteiger partial charge in [-0.2, -0.15) is 0 Å². The fraction of sp³-hybridized carbons (Fsp3) is 0.909. The summed E-state index contributed by atoms with van der Waals surface area (Å²) in [6, 6.07) is 0.747. The molecule has 0 spiro atoms. The van der Waals surface area contributed by atoms with E-state index in [9.17, 15) is 4.79 Å². The fourth-order valence-electron chi connectivity index (χ4n) is 2.26. The molecule has 88 valence electrons. The van der Waals surface area contributed by atoms with Crippen LogP contribution in [0.2, 0.25) is 0 Å². The van der Waals surface area contributed by atoms with Crippen LogP contribution in [-0.2, 0) is 4.79 Å². The Morgan fingerprint density at radius 2 is 2.13 bits per heavy atom. The van der Waals surface area contributed by atoms with E-state index in [-0.39, 0.29) is 11.9 Å². The predicted molar refractivity (Wildman–Crippen MR) is 61.5 cm³/mol. The first-order chi connectivity index (χ1) is 7.15. The van der Waals surface area contributed by atoms with Gasteiger partial charge in [0, 0.05) is 32.1 Å². The molecule has 0 radical (unpaired) electrons. The van der Waals surface area contributed by atoms with Gasteiger partial charge in [-0.05, 0) is 19.9 Å². The Bertz CT molecular complexity index is 208. The van der Waals surface area contributed by atoms with E-state index in [1.807, 2.05) is 0 Å². The van der Waals surface area contributed by atoms with Gasteiger partial charge in [0.05, 0.1) is 0 Å². The number of likely N-dealkylation sites (N-methyl/N-ethyl adjacent to an activating group) is 1. The summed E-state index contributed by atoms with van der Waals surface area (Å²) in [6.45, 7) is 0.804. The Morgan fingerprint density at radius 3 is 2.73 bits per heavy atom. The van der Waals surface area contributed by atoms with Crippen LogP contribution in [0.5, 0.6) is 0 Å². The Balaban J connectivity index is 2.31. The zero-order chi connectivity index (χ0) is 11.3. The molecule has 4 nitrogen and oxygen atoms in total. The summed E-state index contributed by atoms with van der Waals surface area (Å²) in [7, 11) is 3.74. The van der Waals surface area contributed by atoms with Gasteiger partial charge in [-0.15, -0.1) is 0 Å². The van der Waals surface area contributed by atoms with Gasteiger partial charge in [0.15, 0.2) is 0 Å². The standard InChI is InChI=1S/C11H23N3O/c1-13-11(15)7-8-14(2)10-6-4-3-5-9(10)12/h9-10H,3-8,12H2,1-2H3,(H,13,15). The Morgan fingerprint density at radius 1 is 1.47 bits per heavy atom. The molecule has 0 heterocycles. The molecule has 1 rings (SSSR count). The number of amides is 1. The fourth-order valence-corrected chi connectivity index (χ4v) is 2.26. The lowest BCUT2D eigenvalue weighted by Crippen LogP contribution is -2.48. The quantitative estimate of drug-likeness (QED) is 0.707. The first kappa shape index (κ1) is 12.5. The molecule has 0 aromatic rings. The molecule has 0 bridgehead atoms. The highest BCUT2D eigenvalue weighted by atomic mass is 16.1. The Kier molecular flexibility index (Phi) is 5.05. The number of nitrogens with one attached hydrogen (secondary N) is 1. The second-order valence-electron chi connectivity index (χ2n) is 4.42. The minimum Gasteiger partial charge on any atom is -0.359 e. The molecule has 2 unspecified atom stereocenters. The maximum Gasteiger partial charge on any atom is 0.221 e. The van der Waals surface area contributed by atoms with Crippen LogP contribution in [0.3, 0.4) is 0 Å². The molecule has 3 N–H and O–H groups in total. The number of hydrogen-bond acceptors (Lipinski definition) is 3. The minimum atomic E-state index is 0.103. The summed E-state index contributed by atoms with van der Waals surface area (Å²) in [6.07, 6.45) is 5.38. The topological polar surface area (TPSA) is 58.4 Å². The lowest BCUT2D eigenvalue weighted by Gasteiger charge is -2.35. The third-order valence-electron chi connectivity index (χ3n) is 3.32. The van der Waals surface area contributed by atoms with Crippen molar-refractivity contribution in [2.45, 2.75) is 44.2 Å². The maximum absolute atomic E-state index is 11.1. The van der Waals surface area contributed by atoms with Crippen molar-refractivity contribution in [3.8, 4) is 0 Å². The molecule has 1 aliphatic rings. The summed E-state index contributed by atoms with van der Waals surface area (Å²) >= 11 is 0. The van der Waals surface area contributed by atoms with E-state index >= 15 is 0 Å². The van der Waals surface area contributed by atoms with E-state index in [0.29, 0.717) is 12.5 Å². The van der Waals surface area contributed by atoms with Gasteiger partial charge in [-0.3, -0.25) is 4.79 Å². The zero-order valence-corrected chi connectivity index (χ0v) is 9.83. The van der Waals surface area contributed by atoms with Gasteiger partial charge < -0.3 is 16.0 Å². The third kappa shape index (κ3) is 3.80. The first-order valence-electron chi connectivity index (χ1n) is 5.81. The van der Waals surface area contributed by atoms with Crippen LogP contribution in [0.4, 0.5) is 0 Å². The lowest BCUT2D eigenvalue weighted by atomic mass is 9.90. The number of hydrogen-bond donors (Lipinski definition) is 2. The van der Waals surface area contributed by atoms with Crippen molar-refractivity contribution < 1.29 is 4.79 Å². The van der Waals surface area contributed by atoms with Crippen LogP contribution in [-0.4, -0.2) is 43.5 Å². The molecule has 0 saturated heterocycles. The van der Waals surface area contributed by atoms with Crippen LogP contribution in [0.1, 0.15) is 32.1 Å². The van der Waals surface area contributed by atoms with Gasteiger partial charge in [0.2, 0.25) is 5.91 Å². The monoisotopic (exact) mass is 213 g/mol. The first-order valence-corrected chi connectivity index (χ1v) is 5.81. The number of nitrogens with zero attached hydrogens (tertiary/aromatic N) is 1. The SMILES string of the molecule is CNC(=O)CCN(C)C1CCCCC1N. The van der Waals surface area contributed by atoms with Gasteiger partial charge in [0.1, 0.15) is 0 Å². The molecule has 1 saturated carbocycles. The Labute approximate surface area is 92.2 Å². The zero-order valence-electron chi connectivity index (χ0n) is 9.83. The maximum atomic E-state index is 11.1. The molecule has 1 fully saturated rings. The van der Waals surface area contributed by atoms with Crippen molar-refractivity contribution in [3.05, 3.63) is 0 Å². The lowest BCUT2D eigenvalue weighted by molar-refractivity contribution is -0.121. The van der Waals surface area contributed by atoms with E-state index in [1.54, 1.807) is 7.05 Å². The molecule has 1 aliphatic carbocycles. The number of nitrogens with two attached hydrogens (primary N) is 1. The number of rotatable bonds is 4. The van der Waals surface area contributed by atoms with Gasteiger partial charge in [-0.1, -0.05) is 12.8 Å². The Hall–Kier alpha value is -0.610. The molecule has 0 aliphatic heterocycles. The average molecular weight is 213 g/mol. The summed E-state index contributed by atoms with van der Waals surface area (Å²) in [5, 5.41) is 2.64. The molecular formula is C11H23N3O. The van der Waals surface area contributed by atoms with Gasteiger partial charge in [-0.25, -0.2) is 0 Å². The second kappa shape index (κ2) is 6.08. The van der Waals surface area contributed by atoms with Gasteiger partial charge >= 0.3 is 0 Å². The highest BCUT2D eigenvalue weighted by Gasteiger charge is 2.25. The molecule has 4 heteroatoms. The number of carbonyl (C=O) groups is 1. The highest BCUT2D eigenvalue weighted by Crippen LogP contribution is 2.20. The van der Waals surface area contributed by atoms with Crippen LogP contribution in [0, 0.1) is 0 Å². The van der Waals surface area contributed by atoms with E-state index in [2.05, 4.69) is 17.3 Å². The van der Waals surface area contributed by atoms with Crippen molar-refractivity contribution in [3.63, 3.8) is 0 Å². The van der Waals surface area contributed by atoms with Crippen molar-refractivity contribution in [1.82, 2.24) is 10.2 Å². The molecule has 0 aromatic heterocycles. The summed E-state index contributed by atoms with van der Waals surface area (Å²) in [4.78, 5) is 13.3. The van der Waals surface area contributed by atoms with E-state index in [0.717, 1.165) is 13.0 Å². The largest absolute Gasteiger partial charge is 0.359 e. The summed E-state index contributed by atoms with van der Waals surface area (Å²) in [5.74, 6) is 0.103. The van der Waals surface area contributed by atoms with Crippen molar-refractivity contribution in [2.24, 2.45) is 5.73 Å². The van der Waals surface area contributed by atoms with E-state index in [4.69, 9.17) is 5.73 Å². The molecule has 2 atom stereocenters. The summed E-state index contributed by atoms with van der Waals surface area (Å²) < 4.78 is 0. The average Bonchev–Trinajstić information content (AvgIpc) is 2.26. The van der Waals surface area contributed by atoms with Gasteiger partial charge in [0.25, 0.3) is 0 Å². The number of carbonyl (C=O) groups excluding carboxylic acids is 1. The van der Waals surface area contributed by atoms with Crippen LogP contribution >= 0.6 is 0 Å². The smallest absolute Gasteiger partial charge is 0.221 e. The van der Waals surface area contributed by atoms with Crippen molar-refractivity contribution >= 4 is 5.91 Å². The van der Waals surface area contributed by atoms with Crippen molar-refractivity contribution in [1.29, 1.82) is 0 Å². The second-order valence-corrected chi connectivity index (χ2v) is 4.42. The summed E-state index contributed by atoms with van der Waals surface area (Å²) in [5.41, 5.74) is 6.08. The van der Waals surface area contributed by atoms with Crippen molar-refractivity contribution in [2.75, 3.05) is 20.6 Å². The third-order valence-corrected chi connectivity index (χ3v) is 3.32. The van der Waals surface area contributed by atoms with Crippen LogP contribution in [0.25, 0.3) is 0 Å². The molecular weight excluding hydrogens is 190 g/mol. The highest BCUT2D eigenvalue weighted by molar-refractivity contribution is 5.75. The molecule has 1 amide bonds. The van der Waals surface area contributed by atoms with Crippen LogP contribution < -0.4 is 11.1 Å². The van der Waals surface area contributed by atoms with E-state index in [1.165, 1.54) is 19.3 Å². The molecule has 0 aromatic carbocycles.